The van der Waals surface area contributed by atoms with E-state index in [2.05, 4.69) is 20.8 Å². The first kappa shape index (κ1) is 14.3. The molecule has 110 valence electrons. The van der Waals surface area contributed by atoms with Gasteiger partial charge in [0, 0.05) is 24.5 Å². The molecule has 0 radical (unpaired) electrons. The maximum Gasteiger partial charge on any atom is 0.149 e. The van der Waals surface area contributed by atoms with Crippen LogP contribution in [-0.2, 0) is 5.33 Å². The van der Waals surface area contributed by atoms with Gasteiger partial charge in [0.1, 0.15) is 17.3 Å². The highest BCUT2D eigenvalue weighted by Crippen LogP contribution is 2.30. The second-order valence-corrected chi connectivity index (χ2v) is 6.23. The van der Waals surface area contributed by atoms with Crippen LogP contribution >= 0.6 is 15.9 Å². The second-order valence-electron chi connectivity index (χ2n) is 5.67. The number of halogens is 3. The van der Waals surface area contributed by atoms with E-state index in [1.807, 2.05) is 4.90 Å². The van der Waals surface area contributed by atoms with Crippen molar-refractivity contribution in [2.45, 2.75) is 30.6 Å². The van der Waals surface area contributed by atoms with Crippen LogP contribution in [0.5, 0.6) is 0 Å². The summed E-state index contributed by atoms with van der Waals surface area (Å²) in [5, 5.41) is 0.470. The molecule has 1 aromatic carbocycles. The Balaban J connectivity index is 1.77. The highest BCUT2D eigenvalue weighted by atomic mass is 79.9. The molecule has 1 atom stereocenters. The van der Waals surface area contributed by atoms with Gasteiger partial charge < -0.3 is 4.90 Å². The minimum atomic E-state index is -0.443. The molecule has 2 heterocycles. The van der Waals surface area contributed by atoms with E-state index >= 15 is 0 Å². The summed E-state index contributed by atoms with van der Waals surface area (Å²) in [5.74, 6) is -0.886. The Hall–Kier alpha value is -0.680. The van der Waals surface area contributed by atoms with Crippen molar-refractivity contribution in [2.24, 2.45) is 0 Å². The molecule has 0 saturated carbocycles. The first-order valence-electron chi connectivity index (χ1n) is 7.22. The maximum absolute atomic E-state index is 14.1. The fraction of sp³-hybridized carbons (Fsp3) is 0.600. The van der Waals surface area contributed by atoms with Crippen LogP contribution in [0.2, 0.25) is 0 Å². The van der Waals surface area contributed by atoms with Gasteiger partial charge in [0.2, 0.25) is 0 Å². The SMILES string of the molecule is Fc1cc(CBr)cc(F)c1N1CCC(N2CCCC2)C1. The van der Waals surface area contributed by atoms with E-state index in [4.69, 9.17) is 0 Å². The molecule has 2 saturated heterocycles. The van der Waals surface area contributed by atoms with Crippen LogP contribution in [0.3, 0.4) is 0 Å². The number of rotatable bonds is 3. The van der Waals surface area contributed by atoms with Crippen LogP contribution in [0.1, 0.15) is 24.8 Å². The topological polar surface area (TPSA) is 6.48 Å². The van der Waals surface area contributed by atoms with Gasteiger partial charge in [-0.05, 0) is 50.0 Å². The molecule has 2 aliphatic heterocycles. The summed E-state index contributed by atoms with van der Waals surface area (Å²) < 4.78 is 28.3. The van der Waals surface area contributed by atoms with Crippen molar-refractivity contribution in [1.29, 1.82) is 0 Å². The molecule has 0 bridgehead atoms. The summed E-state index contributed by atoms with van der Waals surface area (Å²) in [6.07, 6.45) is 3.50. The van der Waals surface area contributed by atoms with E-state index < -0.39 is 11.6 Å². The summed E-state index contributed by atoms with van der Waals surface area (Å²) in [6.45, 7) is 3.74. The monoisotopic (exact) mass is 344 g/mol. The maximum atomic E-state index is 14.1. The minimum absolute atomic E-state index is 0.149. The molecule has 2 aliphatic rings. The number of alkyl halides is 1. The van der Waals surface area contributed by atoms with Crippen molar-refractivity contribution in [3.8, 4) is 0 Å². The van der Waals surface area contributed by atoms with Crippen molar-refractivity contribution in [1.82, 2.24) is 4.90 Å². The summed E-state index contributed by atoms with van der Waals surface area (Å²) in [6, 6.07) is 3.30. The lowest BCUT2D eigenvalue weighted by Gasteiger charge is -2.25. The van der Waals surface area contributed by atoms with Crippen LogP contribution in [0.25, 0.3) is 0 Å². The molecular weight excluding hydrogens is 326 g/mol. The van der Waals surface area contributed by atoms with Crippen molar-refractivity contribution < 1.29 is 8.78 Å². The molecule has 0 aliphatic carbocycles. The fourth-order valence-electron chi connectivity index (χ4n) is 3.35. The lowest BCUT2D eigenvalue weighted by molar-refractivity contribution is 0.260. The standard InChI is InChI=1S/C15H19BrF2N2/c16-9-11-7-13(17)15(14(18)8-11)20-6-3-12(10-20)19-4-1-2-5-19/h7-8,12H,1-6,9-10H2. The molecule has 2 nitrogen and oxygen atoms in total. The molecule has 2 fully saturated rings. The molecule has 0 amide bonds. The summed E-state index contributed by atoms with van der Waals surface area (Å²) >= 11 is 3.23. The third-order valence-corrected chi connectivity index (χ3v) is 5.02. The zero-order valence-electron chi connectivity index (χ0n) is 11.4. The number of nitrogens with zero attached hydrogens (tertiary/aromatic N) is 2. The summed E-state index contributed by atoms with van der Waals surface area (Å²) in [7, 11) is 0. The van der Waals surface area contributed by atoms with E-state index in [0.29, 0.717) is 16.9 Å². The number of likely N-dealkylation sites (tertiary alicyclic amines) is 1. The van der Waals surface area contributed by atoms with Gasteiger partial charge in [-0.2, -0.15) is 0 Å². The van der Waals surface area contributed by atoms with E-state index in [0.717, 1.165) is 32.6 Å². The molecule has 1 unspecified atom stereocenters. The molecule has 0 spiro atoms. The van der Waals surface area contributed by atoms with Gasteiger partial charge in [-0.1, -0.05) is 15.9 Å². The lowest BCUT2D eigenvalue weighted by Crippen LogP contribution is -2.35. The third kappa shape index (κ3) is 2.70. The van der Waals surface area contributed by atoms with Crippen LogP contribution in [0.15, 0.2) is 12.1 Å². The molecule has 0 aromatic heterocycles. The Morgan fingerprint density at radius 3 is 2.35 bits per heavy atom. The summed E-state index contributed by atoms with van der Waals surface area (Å²) in [5.41, 5.74) is 0.787. The van der Waals surface area contributed by atoms with Gasteiger partial charge in [0.15, 0.2) is 0 Å². The van der Waals surface area contributed by atoms with E-state index in [9.17, 15) is 8.78 Å². The minimum Gasteiger partial charge on any atom is -0.365 e. The zero-order chi connectivity index (χ0) is 14.1. The Morgan fingerprint density at radius 1 is 1.10 bits per heavy atom. The predicted octanol–water partition coefficient (Wildman–Crippen LogP) is 3.53. The molecule has 0 N–H and O–H groups in total. The van der Waals surface area contributed by atoms with Gasteiger partial charge in [-0.25, -0.2) is 8.78 Å². The molecule has 1 aromatic rings. The Morgan fingerprint density at radius 2 is 1.75 bits per heavy atom. The van der Waals surface area contributed by atoms with E-state index in [1.165, 1.54) is 25.0 Å². The second kappa shape index (κ2) is 5.98. The van der Waals surface area contributed by atoms with Crippen LogP contribution in [-0.4, -0.2) is 37.1 Å². The van der Waals surface area contributed by atoms with Gasteiger partial charge >= 0.3 is 0 Å². The molecular formula is C15H19BrF2N2. The average Bonchev–Trinajstić information content (AvgIpc) is 3.08. The Labute approximate surface area is 126 Å². The predicted molar refractivity (Wildman–Crippen MR) is 80.4 cm³/mol. The van der Waals surface area contributed by atoms with Gasteiger partial charge in [0.05, 0.1) is 0 Å². The highest BCUT2D eigenvalue weighted by Gasteiger charge is 2.31. The van der Waals surface area contributed by atoms with Gasteiger partial charge in [0.25, 0.3) is 0 Å². The van der Waals surface area contributed by atoms with Gasteiger partial charge in [-0.3, -0.25) is 4.90 Å². The van der Waals surface area contributed by atoms with Crippen molar-refractivity contribution in [2.75, 3.05) is 31.1 Å². The van der Waals surface area contributed by atoms with Crippen LogP contribution in [0, 0.1) is 11.6 Å². The Kier molecular flexibility index (Phi) is 4.26. The Bertz CT molecular complexity index is 466. The third-order valence-electron chi connectivity index (χ3n) is 4.37. The van der Waals surface area contributed by atoms with Crippen molar-refractivity contribution in [3.63, 3.8) is 0 Å². The van der Waals surface area contributed by atoms with Crippen LogP contribution in [0.4, 0.5) is 14.5 Å². The van der Waals surface area contributed by atoms with Crippen molar-refractivity contribution >= 4 is 21.6 Å². The molecule has 3 rings (SSSR count). The smallest absolute Gasteiger partial charge is 0.149 e. The number of hydrogen-bond donors (Lipinski definition) is 0. The largest absolute Gasteiger partial charge is 0.365 e. The molecule has 5 heteroatoms. The van der Waals surface area contributed by atoms with Crippen LogP contribution < -0.4 is 4.90 Å². The average molecular weight is 345 g/mol. The first-order valence-corrected chi connectivity index (χ1v) is 8.34. The first-order chi connectivity index (χ1) is 9.69. The number of anilines is 1. The van der Waals surface area contributed by atoms with Crippen molar-refractivity contribution in [3.05, 3.63) is 29.3 Å². The highest BCUT2D eigenvalue weighted by molar-refractivity contribution is 9.08. The summed E-state index contributed by atoms with van der Waals surface area (Å²) in [4.78, 5) is 4.33. The van der Waals surface area contributed by atoms with E-state index in [-0.39, 0.29) is 5.69 Å². The molecule has 20 heavy (non-hydrogen) atoms. The zero-order valence-corrected chi connectivity index (χ0v) is 13.0. The normalized spacial score (nSPS) is 23.8. The number of hydrogen-bond acceptors (Lipinski definition) is 2. The quantitative estimate of drug-likeness (QED) is 0.774. The van der Waals surface area contributed by atoms with Gasteiger partial charge in [-0.15, -0.1) is 0 Å². The van der Waals surface area contributed by atoms with E-state index in [1.54, 1.807) is 0 Å². The number of benzene rings is 1. The fourth-order valence-corrected chi connectivity index (χ4v) is 3.67. The lowest BCUT2D eigenvalue weighted by atomic mass is 10.2.